The molecule has 1 atom stereocenters. The summed E-state index contributed by atoms with van der Waals surface area (Å²) in [5.74, 6) is -0.0739. The summed E-state index contributed by atoms with van der Waals surface area (Å²) < 4.78 is 5.11. The quantitative estimate of drug-likeness (QED) is 0.450. The highest BCUT2D eigenvalue weighted by Crippen LogP contribution is 2.09. The smallest absolute Gasteiger partial charge is 0.308 e. The van der Waals surface area contributed by atoms with E-state index in [2.05, 4.69) is 13.8 Å². The van der Waals surface area contributed by atoms with Gasteiger partial charge in [-0.25, -0.2) is 0 Å². The van der Waals surface area contributed by atoms with E-state index in [4.69, 9.17) is 4.74 Å². The maximum Gasteiger partial charge on any atom is 0.308 e. The third kappa shape index (κ3) is 5.67. The van der Waals surface area contributed by atoms with Gasteiger partial charge >= 0.3 is 5.97 Å². The summed E-state index contributed by atoms with van der Waals surface area (Å²) in [5.41, 5.74) is 0. The van der Waals surface area contributed by atoms with Crippen LogP contribution in [-0.4, -0.2) is 12.6 Å². The Morgan fingerprint density at radius 1 is 1.38 bits per heavy atom. The molecule has 0 N–H and O–H groups in total. The van der Waals surface area contributed by atoms with E-state index in [1.54, 1.807) is 0 Å². The van der Waals surface area contributed by atoms with Crippen LogP contribution < -0.4 is 0 Å². The van der Waals surface area contributed by atoms with Gasteiger partial charge in [0.25, 0.3) is 0 Å². The molecule has 0 aliphatic rings. The molecular weight excluding hydrogens is 164 g/mol. The Balaban J connectivity index is 3.48. The monoisotopic (exact) mass is 185 g/mol. The molecule has 2 heteroatoms. The van der Waals surface area contributed by atoms with Crippen LogP contribution in [0.25, 0.3) is 0 Å². The summed E-state index contributed by atoms with van der Waals surface area (Å²) in [7, 11) is 0. The molecule has 2 nitrogen and oxygen atoms in total. The van der Waals surface area contributed by atoms with E-state index in [0.29, 0.717) is 13.0 Å². The lowest BCUT2D eigenvalue weighted by atomic mass is 10.0. The first-order valence-electron chi connectivity index (χ1n) is 5.22. The second-order valence-corrected chi connectivity index (χ2v) is 3.27. The van der Waals surface area contributed by atoms with E-state index in [-0.39, 0.29) is 11.9 Å². The van der Waals surface area contributed by atoms with Crippen molar-refractivity contribution in [2.45, 2.75) is 46.0 Å². The first kappa shape index (κ1) is 12.5. The average molecular weight is 185 g/mol. The fraction of sp³-hybridized carbons (Fsp3) is 0.818. The molecule has 0 spiro atoms. The molecule has 0 aromatic carbocycles. The van der Waals surface area contributed by atoms with Gasteiger partial charge in [-0.15, -0.1) is 0 Å². The van der Waals surface area contributed by atoms with Crippen molar-refractivity contribution in [2.75, 3.05) is 6.61 Å². The van der Waals surface area contributed by atoms with Crippen LogP contribution in [-0.2, 0) is 9.53 Å². The van der Waals surface area contributed by atoms with E-state index in [9.17, 15) is 4.79 Å². The molecule has 1 unspecified atom stereocenters. The van der Waals surface area contributed by atoms with Gasteiger partial charge in [0, 0.05) is 0 Å². The molecule has 0 saturated heterocycles. The van der Waals surface area contributed by atoms with Gasteiger partial charge < -0.3 is 4.74 Å². The Morgan fingerprint density at radius 2 is 2.08 bits per heavy atom. The summed E-state index contributed by atoms with van der Waals surface area (Å²) in [5, 5.41) is 0. The predicted molar refractivity (Wildman–Crippen MR) is 54.2 cm³/mol. The lowest BCUT2D eigenvalue weighted by Gasteiger charge is -2.11. The van der Waals surface area contributed by atoms with Crippen molar-refractivity contribution in [3.63, 3.8) is 0 Å². The van der Waals surface area contributed by atoms with Crippen LogP contribution in [0.15, 0.2) is 0 Å². The third-order valence-electron chi connectivity index (χ3n) is 2.17. The molecular formula is C11H21O2. The highest BCUT2D eigenvalue weighted by molar-refractivity contribution is 5.72. The topological polar surface area (TPSA) is 26.3 Å². The molecule has 0 bridgehead atoms. The van der Waals surface area contributed by atoms with E-state index in [0.717, 1.165) is 25.7 Å². The Bertz CT molecular complexity index is 128. The summed E-state index contributed by atoms with van der Waals surface area (Å²) in [6.45, 7) is 8.41. The number of hydrogen-bond donors (Lipinski definition) is 0. The summed E-state index contributed by atoms with van der Waals surface area (Å²) in [6, 6.07) is 0. The first-order valence-corrected chi connectivity index (χ1v) is 5.22. The molecule has 0 fully saturated rings. The summed E-state index contributed by atoms with van der Waals surface area (Å²) >= 11 is 0. The Morgan fingerprint density at radius 3 is 2.54 bits per heavy atom. The van der Waals surface area contributed by atoms with Crippen LogP contribution >= 0.6 is 0 Å². The minimum Gasteiger partial charge on any atom is -0.465 e. The number of unbranched alkanes of at least 4 members (excludes halogenated alkanes) is 2. The van der Waals surface area contributed by atoms with E-state index in [1.165, 1.54) is 0 Å². The van der Waals surface area contributed by atoms with Gasteiger partial charge in [0.15, 0.2) is 0 Å². The maximum absolute atomic E-state index is 11.3. The van der Waals surface area contributed by atoms with Crippen LogP contribution in [0.1, 0.15) is 46.0 Å². The Labute approximate surface area is 81.7 Å². The number of rotatable bonds is 7. The van der Waals surface area contributed by atoms with Crippen LogP contribution in [0.3, 0.4) is 0 Å². The van der Waals surface area contributed by atoms with Crippen LogP contribution in [0.2, 0.25) is 0 Å². The fourth-order valence-electron chi connectivity index (χ4n) is 1.13. The Kier molecular flexibility index (Phi) is 7.76. The van der Waals surface area contributed by atoms with Gasteiger partial charge in [0.05, 0.1) is 12.5 Å². The summed E-state index contributed by atoms with van der Waals surface area (Å²) in [4.78, 5) is 11.3. The van der Waals surface area contributed by atoms with Crippen LogP contribution in [0.5, 0.6) is 0 Å². The van der Waals surface area contributed by atoms with Crippen LogP contribution in [0.4, 0.5) is 0 Å². The molecule has 1 radical (unpaired) electrons. The van der Waals surface area contributed by atoms with Crippen LogP contribution in [0, 0.1) is 12.8 Å². The van der Waals surface area contributed by atoms with Gasteiger partial charge in [0.1, 0.15) is 0 Å². The van der Waals surface area contributed by atoms with Crippen molar-refractivity contribution >= 4 is 5.97 Å². The average Bonchev–Trinajstić information content (AvgIpc) is 2.14. The predicted octanol–water partition coefficient (Wildman–Crippen LogP) is 2.97. The van der Waals surface area contributed by atoms with Gasteiger partial charge in [-0.05, 0) is 19.3 Å². The third-order valence-corrected chi connectivity index (χ3v) is 2.17. The second-order valence-electron chi connectivity index (χ2n) is 3.27. The van der Waals surface area contributed by atoms with Gasteiger partial charge in [-0.3, -0.25) is 4.79 Å². The fourth-order valence-corrected chi connectivity index (χ4v) is 1.13. The lowest BCUT2D eigenvalue weighted by Crippen LogP contribution is -2.16. The van der Waals surface area contributed by atoms with Crippen molar-refractivity contribution in [1.82, 2.24) is 0 Å². The van der Waals surface area contributed by atoms with E-state index in [1.807, 2.05) is 6.92 Å². The number of carbonyl (C=O) groups is 1. The van der Waals surface area contributed by atoms with Gasteiger partial charge in [-0.1, -0.05) is 33.6 Å². The second kappa shape index (κ2) is 8.09. The SMILES string of the molecule is [CH2]CC(CC)C(=O)OCCCCC. The number of ether oxygens (including phenoxy) is 1. The summed E-state index contributed by atoms with van der Waals surface area (Å²) in [6.07, 6.45) is 4.74. The van der Waals surface area contributed by atoms with Gasteiger partial charge in [0.2, 0.25) is 0 Å². The first-order chi connectivity index (χ1) is 6.26. The molecule has 0 aromatic rings. The molecule has 0 aliphatic carbocycles. The normalized spacial score (nSPS) is 10.5. The minimum atomic E-state index is -0.0754. The lowest BCUT2D eigenvalue weighted by molar-refractivity contribution is -0.148. The van der Waals surface area contributed by atoms with Gasteiger partial charge in [-0.2, -0.15) is 0 Å². The standard InChI is InChI=1S/C11H21O2/c1-4-7-8-9-13-11(12)10(5-2)6-3/h10H,2,4-9H2,1,3H3. The number of esters is 1. The molecule has 77 valence electrons. The van der Waals surface area contributed by atoms with Crippen molar-refractivity contribution in [2.24, 2.45) is 5.92 Å². The van der Waals surface area contributed by atoms with E-state index < -0.39 is 0 Å². The van der Waals surface area contributed by atoms with E-state index >= 15 is 0 Å². The van der Waals surface area contributed by atoms with Crippen molar-refractivity contribution in [3.8, 4) is 0 Å². The number of hydrogen-bond acceptors (Lipinski definition) is 2. The molecule has 0 saturated carbocycles. The van der Waals surface area contributed by atoms with Crippen molar-refractivity contribution < 1.29 is 9.53 Å². The Hall–Kier alpha value is -0.530. The molecule has 0 heterocycles. The number of carbonyl (C=O) groups excluding carboxylic acids is 1. The minimum absolute atomic E-state index is 0.00151. The van der Waals surface area contributed by atoms with Crippen molar-refractivity contribution in [1.29, 1.82) is 0 Å². The maximum atomic E-state index is 11.3. The molecule has 0 aliphatic heterocycles. The van der Waals surface area contributed by atoms with Crippen molar-refractivity contribution in [3.05, 3.63) is 6.92 Å². The molecule has 0 rings (SSSR count). The highest BCUT2D eigenvalue weighted by Gasteiger charge is 2.14. The molecule has 0 amide bonds. The molecule has 0 aromatic heterocycles. The largest absolute Gasteiger partial charge is 0.465 e. The zero-order valence-electron chi connectivity index (χ0n) is 8.84. The zero-order chi connectivity index (χ0) is 10.1. The zero-order valence-corrected chi connectivity index (χ0v) is 8.84. The highest BCUT2D eigenvalue weighted by atomic mass is 16.5. The molecule has 13 heavy (non-hydrogen) atoms.